The van der Waals surface area contributed by atoms with Gasteiger partial charge in [0.25, 0.3) is 10.0 Å². The van der Waals surface area contributed by atoms with Gasteiger partial charge in [-0.3, -0.25) is 9.71 Å². The van der Waals surface area contributed by atoms with Crippen LogP contribution in [0.4, 0.5) is 15.8 Å². The Labute approximate surface area is 116 Å². The molecular weight excluding hydrogens is 281 g/mol. The van der Waals surface area contributed by atoms with Gasteiger partial charge in [-0.15, -0.1) is 0 Å². The van der Waals surface area contributed by atoms with E-state index in [9.17, 15) is 12.8 Å². The number of nitrogens with two attached hydrogens (primary N) is 1. The average Bonchev–Trinajstić information content (AvgIpc) is 2.36. The zero-order valence-electron chi connectivity index (χ0n) is 11.0. The molecule has 0 atom stereocenters. The Hall–Kier alpha value is -2.15. The number of halogens is 1. The summed E-state index contributed by atoms with van der Waals surface area (Å²) >= 11 is 0. The van der Waals surface area contributed by atoms with E-state index in [-0.39, 0.29) is 10.6 Å². The Morgan fingerprint density at radius 1 is 1.30 bits per heavy atom. The van der Waals surface area contributed by atoms with Gasteiger partial charge in [-0.25, -0.2) is 12.8 Å². The minimum Gasteiger partial charge on any atom is -0.398 e. The molecule has 2 aromatic rings. The standard InChI is InChI=1S/C13H14FN3O2S/c1-8-5-11(15)9(2)13(6-8)20(18,19)17-12-3-4-16-7-10(12)14/h3-7H,15H2,1-2H3,(H,16,17). The molecule has 2 rings (SSSR count). The first-order chi connectivity index (χ1) is 9.31. The second-order valence-electron chi connectivity index (χ2n) is 4.44. The zero-order valence-corrected chi connectivity index (χ0v) is 11.8. The fourth-order valence-corrected chi connectivity index (χ4v) is 3.22. The predicted molar refractivity (Wildman–Crippen MR) is 75.3 cm³/mol. The second kappa shape index (κ2) is 5.09. The number of nitrogens with one attached hydrogen (secondary N) is 1. The molecule has 0 saturated heterocycles. The number of nitrogen functional groups attached to an aromatic ring is 1. The van der Waals surface area contributed by atoms with Crippen molar-refractivity contribution in [2.75, 3.05) is 10.5 Å². The molecule has 5 nitrogen and oxygen atoms in total. The molecule has 20 heavy (non-hydrogen) atoms. The van der Waals surface area contributed by atoms with Crippen molar-refractivity contribution in [2.24, 2.45) is 0 Å². The predicted octanol–water partition coefficient (Wildman–Crippen LogP) is 2.22. The van der Waals surface area contributed by atoms with Gasteiger partial charge in [-0.1, -0.05) is 0 Å². The van der Waals surface area contributed by atoms with Crippen LogP contribution in [0.15, 0.2) is 35.5 Å². The van der Waals surface area contributed by atoms with Crippen molar-refractivity contribution < 1.29 is 12.8 Å². The van der Waals surface area contributed by atoms with Crippen LogP contribution in [-0.2, 0) is 10.0 Å². The molecule has 0 radical (unpaired) electrons. The Balaban J connectivity index is 2.49. The largest absolute Gasteiger partial charge is 0.398 e. The van der Waals surface area contributed by atoms with Crippen molar-refractivity contribution in [3.8, 4) is 0 Å². The lowest BCUT2D eigenvalue weighted by Gasteiger charge is -2.13. The summed E-state index contributed by atoms with van der Waals surface area (Å²) in [5, 5.41) is 0. The summed E-state index contributed by atoms with van der Waals surface area (Å²) in [7, 11) is -3.91. The normalized spacial score (nSPS) is 11.3. The fraction of sp³-hybridized carbons (Fsp3) is 0.154. The lowest BCUT2D eigenvalue weighted by Crippen LogP contribution is -2.16. The number of rotatable bonds is 3. The number of pyridine rings is 1. The summed E-state index contributed by atoms with van der Waals surface area (Å²) in [6.45, 7) is 3.34. The monoisotopic (exact) mass is 295 g/mol. The number of nitrogens with zero attached hydrogens (tertiary/aromatic N) is 1. The number of hydrogen-bond donors (Lipinski definition) is 2. The highest BCUT2D eigenvalue weighted by Crippen LogP contribution is 2.25. The van der Waals surface area contributed by atoms with Crippen molar-refractivity contribution in [2.45, 2.75) is 18.7 Å². The molecule has 0 aliphatic heterocycles. The molecule has 0 amide bonds. The minimum atomic E-state index is -3.91. The molecular formula is C13H14FN3O2S. The molecule has 1 aromatic heterocycles. The van der Waals surface area contributed by atoms with Crippen LogP contribution < -0.4 is 10.5 Å². The van der Waals surface area contributed by atoms with Crippen LogP contribution in [0.5, 0.6) is 0 Å². The van der Waals surface area contributed by atoms with Crippen LogP contribution in [0.3, 0.4) is 0 Å². The van der Waals surface area contributed by atoms with Crippen molar-refractivity contribution in [3.63, 3.8) is 0 Å². The van der Waals surface area contributed by atoms with Gasteiger partial charge in [0.15, 0.2) is 5.82 Å². The molecule has 0 spiro atoms. The minimum absolute atomic E-state index is 0.0335. The number of sulfonamides is 1. The van der Waals surface area contributed by atoms with Gasteiger partial charge in [-0.05, 0) is 43.2 Å². The van der Waals surface area contributed by atoms with Crippen molar-refractivity contribution >= 4 is 21.4 Å². The van der Waals surface area contributed by atoms with Gasteiger partial charge in [0, 0.05) is 11.9 Å². The van der Waals surface area contributed by atoms with Gasteiger partial charge < -0.3 is 5.73 Å². The molecule has 3 N–H and O–H groups in total. The van der Waals surface area contributed by atoms with Crippen LogP contribution >= 0.6 is 0 Å². The summed E-state index contributed by atoms with van der Waals surface area (Å²) in [6, 6.07) is 4.43. The zero-order chi connectivity index (χ0) is 14.9. The van der Waals surface area contributed by atoms with E-state index in [1.165, 1.54) is 18.3 Å². The number of benzene rings is 1. The maximum atomic E-state index is 13.5. The van der Waals surface area contributed by atoms with Crippen LogP contribution in [0.1, 0.15) is 11.1 Å². The van der Waals surface area contributed by atoms with E-state index in [1.54, 1.807) is 19.9 Å². The third kappa shape index (κ3) is 2.72. The first kappa shape index (κ1) is 14.3. The summed E-state index contributed by atoms with van der Waals surface area (Å²) in [5.41, 5.74) is 7.13. The highest BCUT2D eigenvalue weighted by molar-refractivity contribution is 7.92. The molecule has 0 bridgehead atoms. The van der Waals surface area contributed by atoms with E-state index in [1.807, 2.05) is 0 Å². The molecule has 0 saturated carbocycles. The Morgan fingerprint density at radius 2 is 2.00 bits per heavy atom. The van der Waals surface area contributed by atoms with E-state index in [0.717, 1.165) is 6.20 Å². The maximum absolute atomic E-state index is 13.5. The van der Waals surface area contributed by atoms with Crippen molar-refractivity contribution in [1.29, 1.82) is 0 Å². The van der Waals surface area contributed by atoms with Gasteiger partial charge in [0.2, 0.25) is 0 Å². The summed E-state index contributed by atoms with van der Waals surface area (Å²) < 4.78 is 40.3. The second-order valence-corrected chi connectivity index (χ2v) is 6.09. The van der Waals surface area contributed by atoms with Crippen LogP contribution in [0.2, 0.25) is 0 Å². The summed E-state index contributed by atoms with van der Waals surface area (Å²) in [5.74, 6) is -0.741. The molecule has 0 fully saturated rings. The third-order valence-electron chi connectivity index (χ3n) is 2.85. The van der Waals surface area contributed by atoms with E-state index in [2.05, 4.69) is 9.71 Å². The Kier molecular flexibility index (Phi) is 3.63. The van der Waals surface area contributed by atoms with Crippen LogP contribution in [0.25, 0.3) is 0 Å². The highest BCUT2D eigenvalue weighted by Gasteiger charge is 2.20. The molecule has 1 aromatic carbocycles. The quantitative estimate of drug-likeness (QED) is 0.850. The van der Waals surface area contributed by atoms with Gasteiger partial charge in [-0.2, -0.15) is 0 Å². The average molecular weight is 295 g/mol. The molecule has 0 aliphatic rings. The molecule has 0 unspecified atom stereocenters. The first-order valence-electron chi connectivity index (χ1n) is 5.80. The SMILES string of the molecule is Cc1cc(N)c(C)c(S(=O)(=O)Nc2ccncc2F)c1. The van der Waals surface area contributed by atoms with E-state index < -0.39 is 15.8 Å². The smallest absolute Gasteiger partial charge is 0.262 e. The molecule has 1 heterocycles. The molecule has 0 aliphatic carbocycles. The number of aryl methyl sites for hydroxylation is 1. The lowest BCUT2D eigenvalue weighted by atomic mass is 10.1. The van der Waals surface area contributed by atoms with Gasteiger partial charge in [0.1, 0.15) is 0 Å². The summed E-state index contributed by atoms with van der Waals surface area (Å²) in [4.78, 5) is 3.60. The van der Waals surface area contributed by atoms with E-state index in [4.69, 9.17) is 5.73 Å². The summed E-state index contributed by atoms with van der Waals surface area (Å²) in [6.07, 6.45) is 2.24. The van der Waals surface area contributed by atoms with Gasteiger partial charge in [0.05, 0.1) is 16.8 Å². The van der Waals surface area contributed by atoms with Crippen LogP contribution in [-0.4, -0.2) is 13.4 Å². The number of aromatic nitrogens is 1. The van der Waals surface area contributed by atoms with Crippen molar-refractivity contribution in [3.05, 3.63) is 47.5 Å². The molecule has 106 valence electrons. The lowest BCUT2D eigenvalue weighted by molar-refractivity contribution is 0.597. The molecule has 7 heteroatoms. The maximum Gasteiger partial charge on any atom is 0.262 e. The first-order valence-corrected chi connectivity index (χ1v) is 7.28. The number of anilines is 2. The highest BCUT2D eigenvalue weighted by atomic mass is 32.2. The van der Waals surface area contributed by atoms with Crippen molar-refractivity contribution in [1.82, 2.24) is 4.98 Å². The topological polar surface area (TPSA) is 85.1 Å². The fourth-order valence-electron chi connectivity index (χ4n) is 1.79. The number of hydrogen-bond acceptors (Lipinski definition) is 4. The van der Waals surface area contributed by atoms with Gasteiger partial charge >= 0.3 is 0 Å². The van der Waals surface area contributed by atoms with E-state index in [0.29, 0.717) is 16.8 Å². The van der Waals surface area contributed by atoms with E-state index >= 15 is 0 Å². The Bertz CT molecular complexity index is 760. The Morgan fingerprint density at radius 3 is 2.65 bits per heavy atom. The third-order valence-corrected chi connectivity index (χ3v) is 4.34. The van der Waals surface area contributed by atoms with Crippen LogP contribution in [0, 0.1) is 19.7 Å².